The van der Waals surface area contributed by atoms with Gasteiger partial charge in [0.25, 0.3) is 0 Å². The summed E-state index contributed by atoms with van der Waals surface area (Å²) in [6.07, 6.45) is 0. The van der Waals surface area contributed by atoms with E-state index in [4.69, 9.17) is 9.47 Å². The van der Waals surface area contributed by atoms with Gasteiger partial charge in [-0.3, -0.25) is 4.79 Å². The van der Waals surface area contributed by atoms with Crippen LogP contribution < -0.4 is 19.1 Å². The molecule has 10 heteroatoms. The normalized spacial score (nSPS) is 14.5. The Kier molecular flexibility index (Phi) is 6.78. The summed E-state index contributed by atoms with van der Waals surface area (Å²) in [4.78, 5) is 16.1. The zero-order valence-electron chi connectivity index (χ0n) is 16.8. The van der Waals surface area contributed by atoms with E-state index in [9.17, 15) is 17.6 Å². The highest BCUT2D eigenvalue weighted by molar-refractivity contribution is 7.89. The molecule has 0 aromatic heterocycles. The standard InChI is InChI=1S/C20H24FN3O5S/c1-28-18-8-7-17(13-19(18)29-2)30(26,27)22-14-20(25)24-11-9-23(10-12-24)16-5-3-15(21)4-6-16/h3-8,13,22H,9-12,14H2,1-2H3. The Morgan fingerprint density at radius 3 is 2.23 bits per heavy atom. The molecule has 1 amide bonds. The summed E-state index contributed by atoms with van der Waals surface area (Å²) in [6, 6.07) is 10.4. The van der Waals surface area contributed by atoms with Gasteiger partial charge in [0.1, 0.15) is 5.82 Å². The largest absolute Gasteiger partial charge is 0.493 e. The number of hydrogen-bond acceptors (Lipinski definition) is 6. The van der Waals surface area contributed by atoms with Crippen LogP contribution in [0.1, 0.15) is 0 Å². The fourth-order valence-corrected chi connectivity index (χ4v) is 4.19. The molecule has 2 aromatic carbocycles. The maximum Gasteiger partial charge on any atom is 0.241 e. The Bertz CT molecular complexity index is 990. The third kappa shape index (κ3) is 5.00. The second kappa shape index (κ2) is 9.31. The van der Waals surface area contributed by atoms with E-state index in [1.54, 1.807) is 17.0 Å². The molecule has 1 saturated heterocycles. The molecular weight excluding hydrogens is 413 g/mol. The number of amides is 1. The molecule has 0 spiro atoms. The van der Waals surface area contributed by atoms with Crippen molar-refractivity contribution in [2.45, 2.75) is 4.90 Å². The van der Waals surface area contributed by atoms with Crippen molar-refractivity contribution in [1.82, 2.24) is 9.62 Å². The summed E-state index contributed by atoms with van der Waals surface area (Å²) in [5, 5.41) is 0. The number of sulfonamides is 1. The number of piperazine rings is 1. The number of anilines is 1. The zero-order chi connectivity index (χ0) is 21.7. The molecule has 1 fully saturated rings. The average molecular weight is 437 g/mol. The van der Waals surface area contributed by atoms with Crippen molar-refractivity contribution in [2.24, 2.45) is 0 Å². The minimum absolute atomic E-state index is 0.0194. The van der Waals surface area contributed by atoms with Crippen molar-refractivity contribution < 1.29 is 27.1 Å². The fourth-order valence-electron chi connectivity index (χ4n) is 3.20. The lowest BCUT2D eigenvalue weighted by Gasteiger charge is -2.36. The van der Waals surface area contributed by atoms with Crippen molar-refractivity contribution in [1.29, 1.82) is 0 Å². The Morgan fingerprint density at radius 2 is 1.63 bits per heavy atom. The first kappa shape index (κ1) is 21.8. The van der Waals surface area contributed by atoms with Gasteiger partial charge in [-0.25, -0.2) is 17.5 Å². The van der Waals surface area contributed by atoms with Gasteiger partial charge in [-0.2, -0.15) is 0 Å². The van der Waals surface area contributed by atoms with E-state index in [-0.39, 0.29) is 28.9 Å². The Labute approximate surface area is 175 Å². The molecule has 0 bridgehead atoms. The molecular formula is C20H24FN3O5S. The van der Waals surface area contributed by atoms with E-state index in [0.717, 1.165) is 5.69 Å². The number of nitrogens with one attached hydrogen (secondary N) is 1. The predicted molar refractivity (Wildman–Crippen MR) is 110 cm³/mol. The minimum Gasteiger partial charge on any atom is -0.493 e. The van der Waals surface area contributed by atoms with Gasteiger partial charge in [0.15, 0.2) is 11.5 Å². The molecule has 0 unspecified atom stereocenters. The van der Waals surface area contributed by atoms with Gasteiger partial charge in [0.2, 0.25) is 15.9 Å². The molecule has 1 N–H and O–H groups in total. The van der Waals surface area contributed by atoms with Crippen molar-refractivity contribution >= 4 is 21.6 Å². The number of benzene rings is 2. The molecule has 30 heavy (non-hydrogen) atoms. The Balaban J connectivity index is 1.56. The summed E-state index contributed by atoms with van der Waals surface area (Å²) in [7, 11) is -1.02. The second-order valence-corrected chi connectivity index (χ2v) is 8.45. The van der Waals surface area contributed by atoms with E-state index < -0.39 is 10.0 Å². The molecule has 1 aliphatic heterocycles. The van der Waals surface area contributed by atoms with E-state index in [1.807, 2.05) is 0 Å². The Hall–Kier alpha value is -2.85. The van der Waals surface area contributed by atoms with Crippen LogP contribution in [0.2, 0.25) is 0 Å². The predicted octanol–water partition coefficient (Wildman–Crippen LogP) is 1.47. The molecule has 0 radical (unpaired) electrons. The smallest absolute Gasteiger partial charge is 0.241 e. The molecule has 0 saturated carbocycles. The highest BCUT2D eigenvalue weighted by Crippen LogP contribution is 2.29. The maximum absolute atomic E-state index is 13.1. The fraction of sp³-hybridized carbons (Fsp3) is 0.350. The zero-order valence-corrected chi connectivity index (χ0v) is 17.6. The van der Waals surface area contributed by atoms with Crippen LogP contribution in [0.25, 0.3) is 0 Å². The monoisotopic (exact) mass is 437 g/mol. The number of methoxy groups -OCH3 is 2. The molecule has 0 aliphatic carbocycles. The minimum atomic E-state index is -3.89. The average Bonchev–Trinajstić information content (AvgIpc) is 2.77. The summed E-state index contributed by atoms with van der Waals surface area (Å²) < 4.78 is 50.7. The molecule has 8 nitrogen and oxygen atoms in total. The van der Waals surface area contributed by atoms with Gasteiger partial charge in [-0.05, 0) is 36.4 Å². The van der Waals surface area contributed by atoms with Crippen LogP contribution in [0.15, 0.2) is 47.4 Å². The number of halogens is 1. The third-order valence-electron chi connectivity index (χ3n) is 4.90. The van der Waals surface area contributed by atoms with Crippen LogP contribution in [-0.4, -0.2) is 66.2 Å². The van der Waals surface area contributed by atoms with Crippen molar-refractivity contribution in [2.75, 3.05) is 51.8 Å². The van der Waals surface area contributed by atoms with E-state index in [1.165, 1.54) is 44.6 Å². The Morgan fingerprint density at radius 1 is 1.00 bits per heavy atom. The van der Waals surface area contributed by atoms with Crippen LogP contribution in [0, 0.1) is 5.82 Å². The van der Waals surface area contributed by atoms with Gasteiger partial charge < -0.3 is 19.3 Å². The van der Waals surface area contributed by atoms with Crippen molar-refractivity contribution in [3.05, 3.63) is 48.3 Å². The van der Waals surface area contributed by atoms with E-state index >= 15 is 0 Å². The summed E-state index contributed by atoms with van der Waals surface area (Å²) >= 11 is 0. The van der Waals surface area contributed by atoms with E-state index in [0.29, 0.717) is 31.9 Å². The van der Waals surface area contributed by atoms with Gasteiger partial charge in [0.05, 0.1) is 25.7 Å². The molecule has 1 heterocycles. The third-order valence-corrected chi connectivity index (χ3v) is 6.30. The number of hydrogen-bond donors (Lipinski definition) is 1. The molecule has 1 aliphatic rings. The van der Waals surface area contributed by atoms with Gasteiger partial charge in [0, 0.05) is 37.9 Å². The van der Waals surface area contributed by atoms with Gasteiger partial charge in [-0.15, -0.1) is 0 Å². The quantitative estimate of drug-likeness (QED) is 0.706. The second-order valence-electron chi connectivity index (χ2n) is 6.69. The number of carbonyl (C=O) groups is 1. The van der Waals surface area contributed by atoms with Gasteiger partial charge in [-0.1, -0.05) is 0 Å². The first-order chi connectivity index (χ1) is 14.3. The molecule has 3 rings (SSSR count). The van der Waals surface area contributed by atoms with Crippen LogP contribution in [-0.2, 0) is 14.8 Å². The lowest BCUT2D eigenvalue weighted by molar-refractivity contribution is -0.130. The van der Waals surface area contributed by atoms with Crippen LogP contribution in [0.4, 0.5) is 10.1 Å². The number of nitrogens with zero attached hydrogens (tertiary/aromatic N) is 2. The van der Waals surface area contributed by atoms with Crippen molar-refractivity contribution in [3.8, 4) is 11.5 Å². The van der Waals surface area contributed by atoms with Crippen LogP contribution in [0.3, 0.4) is 0 Å². The molecule has 162 valence electrons. The lowest BCUT2D eigenvalue weighted by atomic mass is 10.2. The first-order valence-electron chi connectivity index (χ1n) is 9.34. The highest BCUT2D eigenvalue weighted by atomic mass is 32.2. The highest BCUT2D eigenvalue weighted by Gasteiger charge is 2.24. The maximum atomic E-state index is 13.1. The van der Waals surface area contributed by atoms with Gasteiger partial charge >= 0.3 is 0 Å². The van der Waals surface area contributed by atoms with E-state index in [2.05, 4.69) is 9.62 Å². The topological polar surface area (TPSA) is 88.2 Å². The molecule has 2 aromatic rings. The summed E-state index contributed by atoms with van der Waals surface area (Å²) in [5.74, 6) is 0.0855. The lowest BCUT2D eigenvalue weighted by Crippen LogP contribution is -2.51. The number of carbonyl (C=O) groups excluding carboxylic acids is 1. The van der Waals surface area contributed by atoms with Crippen LogP contribution >= 0.6 is 0 Å². The first-order valence-corrected chi connectivity index (χ1v) is 10.8. The summed E-state index contributed by atoms with van der Waals surface area (Å²) in [6.45, 7) is 1.73. The van der Waals surface area contributed by atoms with Crippen molar-refractivity contribution in [3.63, 3.8) is 0 Å². The SMILES string of the molecule is COc1ccc(S(=O)(=O)NCC(=O)N2CCN(c3ccc(F)cc3)CC2)cc1OC. The van der Waals surface area contributed by atoms with Crippen LogP contribution in [0.5, 0.6) is 11.5 Å². The number of ether oxygens (including phenoxy) is 2. The molecule has 0 atom stereocenters. The summed E-state index contributed by atoms with van der Waals surface area (Å²) in [5.41, 5.74) is 0.887. The number of rotatable bonds is 7.